The van der Waals surface area contributed by atoms with Gasteiger partial charge in [-0.3, -0.25) is 9.78 Å². The SMILES string of the molecule is CNc1ccc(C(=O)Nc2ccc(C)nc2C)cc1. The Labute approximate surface area is 112 Å². The molecule has 1 heterocycles. The Morgan fingerprint density at radius 2 is 1.74 bits per heavy atom. The maximum atomic E-state index is 12.1. The van der Waals surface area contributed by atoms with Crippen molar-refractivity contribution >= 4 is 17.3 Å². The highest BCUT2D eigenvalue weighted by atomic mass is 16.1. The monoisotopic (exact) mass is 255 g/mol. The van der Waals surface area contributed by atoms with E-state index in [0.29, 0.717) is 5.56 Å². The number of hydrogen-bond donors (Lipinski definition) is 2. The average Bonchev–Trinajstić information content (AvgIpc) is 2.42. The second-order valence-electron chi connectivity index (χ2n) is 4.37. The second kappa shape index (κ2) is 5.52. The molecule has 0 aliphatic carbocycles. The first-order valence-electron chi connectivity index (χ1n) is 6.13. The number of aryl methyl sites for hydroxylation is 2. The molecule has 0 bridgehead atoms. The molecular formula is C15H17N3O. The van der Waals surface area contributed by atoms with Gasteiger partial charge in [-0.1, -0.05) is 0 Å². The van der Waals surface area contributed by atoms with E-state index in [1.54, 1.807) is 12.1 Å². The van der Waals surface area contributed by atoms with E-state index in [-0.39, 0.29) is 5.91 Å². The number of nitrogens with one attached hydrogen (secondary N) is 2. The highest BCUT2D eigenvalue weighted by molar-refractivity contribution is 6.04. The Hall–Kier alpha value is -2.36. The van der Waals surface area contributed by atoms with Crippen molar-refractivity contribution in [1.82, 2.24) is 4.98 Å². The van der Waals surface area contributed by atoms with Crippen molar-refractivity contribution in [2.45, 2.75) is 13.8 Å². The molecule has 0 atom stereocenters. The lowest BCUT2D eigenvalue weighted by molar-refractivity contribution is 0.102. The Morgan fingerprint density at radius 1 is 1.05 bits per heavy atom. The molecule has 0 fully saturated rings. The molecule has 2 N–H and O–H groups in total. The van der Waals surface area contributed by atoms with E-state index in [1.807, 2.05) is 45.2 Å². The molecule has 98 valence electrons. The maximum absolute atomic E-state index is 12.1. The molecule has 0 unspecified atom stereocenters. The summed E-state index contributed by atoms with van der Waals surface area (Å²) in [5.41, 5.74) is 4.10. The Kier molecular flexibility index (Phi) is 3.80. The van der Waals surface area contributed by atoms with Crippen molar-refractivity contribution in [2.24, 2.45) is 0 Å². The zero-order chi connectivity index (χ0) is 13.8. The summed E-state index contributed by atoms with van der Waals surface area (Å²) in [5.74, 6) is -0.128. The molecule has 2 aromatic rings. The van der Waals surface area contributed by atoms with Gasteiger partial charge in [0.1, 0.15) is 0 Å². The number of rotatable bonds is 3. The number of carbonyl (C=O) groups excluding carboxylic acids is 1. The molecule has 4 nitrogen and oxygen atoms in total. The topological polar surface area (TPSA) is 54.0 Å². The van der Waals surface area contributed by atoms with Gasteiger partial charge < -0.3 is 10.6 Å². The fourth-order valence-electron chi connectivity index (χ4n) is 1.80. The zero-order valence-corrected chi connectivity index (χ0v) is 11.3. The second-order valence-corrected chi connectivity index (χ2v) is 4.37. The summed E-state index contributed by atoms with van der Waals surface area (Å²) in [5, 5.41) is 5.89. The first-order valence-corrected chi connectivity index (χ1v) is 6.13. The van der Waals surface area contributed by atoms with E-state index in [2.05, 4.69) is 15.6 Å². The van der Waals surface area contributed by atoms with Crippen LogP contribution in [0.1, 0.15) is 21.7 Å². The normalized spacial score (nSPS) is 10.1. The van der Waals surface area contributed by atoms with Gasteiger partial charge in [-0.15, -0.1) is 0 Å². The van der Waals surface area contributed by atoms with Crippen LogP contribution in [0.3, 0.4) is 0 Å². The molecule has 0 saturated heterocycles. The molecule has 0 aliphatic rings. The fourth-order valence-corrected chi connectivity index (χ4v) is 1.80. The molecule has 0 aliphatic heterocycles. The molecule has 19 heavy (non-hydrogen) atoms. The van der Waals surface area contributed by atoms with E-state index in [0.717, 1.165) is 22.8 Å². The number of nitrogens with zero attached hydrogens (tertiary/aromatic N) is 1. The highest BCUT2D eigenvalue weighted by Crippen LogP contribution is 2.15. The smallest absolute Gasteiger partial charge is 0.255 e. The van der Waals surface area contributed by atoms with Gasteiger partial charge in [0.05, 0.1) is 11.4 Å². The zero-order valence-electron chi connectivity index (χ0n) is 11.3. The predicted octanol–water partition coefficient (Wildman–Crippen LogP) is 2.99. The number of pyridine rings is 1. The van der Waals surface area contributed by atoms with Gasteiger partial charge in [-0.05, 0) is 50.2 Å². The van der Waals surface area contributed by atoms with Crippen LogP contribution in [0.5, 0.6) is 0 Å². The summed E-state index contributed by atoms with van der Waals surface area (Å²) in [4.78, 5) is 16.4. The Bertz CT molecular complexity index is 591. The summed E-state index contributed by atoms with van der Waals surface area (Å²) in [6, 6.07) is 11.1. The number of aromatic nitrogens is 1. The summed E-state index contributed by atoms with van der Waals surface area (Å²) >= 11 is 0. The van der Waals surface area contributed by atoms with Crippen LogP contribution in [0.25, 0.3) is 0 Å². The number of anilines is 2. The van der Waals surface area contributed by atoms with Crippen molar-refractivity contribution < 1.29 is 4.79 Å². The third-order valence-electron chi connectivity index (χ3n) is 2.91. The molecule has 1 amide bonds. The first kappa shape index (κ1) is 13.1. The maximum Gasteiger partial charge on any atom is 0.255 e. The largest absolute Gasteiger partial charge is 0.388 e. The first-order chi connectivity index (χ1) is 9.10. The van der Waals surface area contributed by atoms with Crippen molar-refractivity contribution in [1.29, 1.82) is 0 Å². The van der Waals surface area contributed by atoms with Crippen LogP contribution < -0.4 is 10.6 Å². The van der Waals surface area contributed by atoms with E-state index < -0.39 is 0 Å². The lowest BCUT2D eigenvalue weighted by Crippen LogP contribution is -2.13. The predicted molar refractivity (Wildman–Crippen MR) is 77.7 cm³/mol. The fraction of sp³-hybridized carbons (Fsp3) is 0.200. The number of hydrogen-bond acceptors (Lipinski definition) is 3. The summed E-state index contributed by atoms with van der Waals surface area (Å²) in [7, 11) is 1.84. The number of amides is 1. The summed E-state index contributed by atoms with van der Waals surface area (Å²) in [6.45, 7) is 3.81. The van der Waals surface area contributed by atoms with Gasteiger partial charge >= 0.3 is 0 Å². The van der Waals surface area contributed by atoms with Gasteiger partial charge in [-0.25, -0.2) is 0 Å². The van der Waals surface area contributed by atoms with Crippen LogP contribution in [0.15, 0.2) is 36.4 Å². The standard InChI is InChI=1S/C15H17N3O/c1-10-4-9-14(11(2)17-10)18-15(19)12-5-7-13(16-3)8-6-12/h4-9,16H,1-3H3,(H,18,19). The molecule has 0 saturated carbocycles. The third kappa shape index (κ3) is 3.10. The third-order valence-corrected chi connectivity index (χ3v) is 2.91. The number of carbonyl (C=O) groups is 1. The average molecular weight is 255 g/mol. The van der Waals surface area contributed by atoms with E-state index in [4.69, 9.17) is 0 Å². The quantitative estimate of drug-likeness (QED) is 0.886. The van der Waals surface area contributed by atoms with E-state index in [1.165, 1.54) is 0 Å². The van der Waals surface area contributed by atoms with Crippen LogP contribution in [0, 0.1) is 13.8 Å². The van der Waals surface area contributed by atoms with Gasteiger partial charge in [0.2, 0.25) is 0 Å². The van der Waals surface area contributed by atoms with Gasteiger partial charge in [-0.2, -0.15) is 0 Å². The van der Waals surface area contributed by atoms with Crippen LogP contribution in [0.2, 0.25) is 0 Å². The van der Waals surface area contributed by atoms with Gasteiger partial charge in [0, 0.05) is 24.0 Å². The van der Waals surface area contributed by atoms with Gasteiger partial charge in [0.25, 0.3) is 5.91 Å². The lowest BCUT2D eigenvalue weighted by atomic mass is 10.2. The van der Waals surface area contributed by atoms with Crippen LogP contribution in [0.4, 0.5) is 11.4 Å². The minimum absolute atomic E-state index is 0.128. The lowest BCUT2D eigenvalue weighted by Gasteiger charge is -2.09. The molecule has 0 radical (unpaired) electrons. The van der Waals surface area contributed by atoms with Gasteiger partial charge in [0.15, 0.2) is 0 Å². The molecule has 0 spiro atoms. The van der Waals surface area contributed by atoms with Crippen molar-refractivity contribution in [3.05, 3.63) is 53.3 Å². The molecule has 1 aromatic heterocycles. The van der Waals surface area contributed by atoms with Crippen molar-refractivity contribution in [2.75, 3.05) is 17.7 Å². The van der Waals surface area contributed by atoms with E-state index in [9.17, 15) is 4.79 Å². The van der Waals surface area contributed by atoms with Crippen molar-refractivity contribution in [3.8, 4) is 0 Å². The minimum atomic E-state index is -0.128. The summed E-state index contributed by atoms with van der Waals surface area (Å²) < 4.78 is 0. The molecular weight excluding hydrogens is 238 g/mol. The minimum Gasteiger partial charge on any atom is -0.388 e. The summed E-state index contributed by atoms with van der Waals surface area (Å²) in [6.07, 6.45) is 0. The molecule has 4 heteroatoms. The molecule has 1 aromatic carbocycles. The Morgan fingerprint density at radius 3 is 2.32 bits per heavy atom. The highest BCUT2D eigenvalue weighted by Gasteiger charge is 2.08. The van der Waals surface area contributed by atoms with Crippen LogP contribution >= 0.6 is 0 Å². The van der Waals surface area contributed by atoms with Crippen molar-refractivity contribution in [3.63, 3.8) is 0 Å². The molecule has 2 rings (SSSR count). The van der Waals surface area contributed by atoms with Crippen LogP contribution in [-0.4, -0.2) is 17.9 Å². The van der Waals surface area contributed by atoms with Crippen LogP contribution in [-0.2, 0) is 0 Å². The number of benzene rings is 1. The van der Waals surface area contributed by atoms with E-state index >= 15 is 0 Å². The Balaban J connectivity index is 2.15.